The number of aliphatic hydroxyl groups is 1. The van der Waals surface area contributed by atoms with E-state index in [4.69, 9.17) is 18.9 Å². The number of rotatable bonds is 14. The molecule has 0 radical (unpaired) electrons. The number of nitrogens with one attached hydrogen (secondary N) is 2. The van der Waals surface area contributed by atoms with Crippen molar-refractivity contribution in [2.24, 2.45) is 5.92 Å². The van der Waals surface area contributed by atoms with E-state index >= 15 is 0 Å². The van der Waals surface area contributed by atoms with Gasteiger partial charge in [0, 0.05) is 44.1 Å². The number of amides is 2. The molecule has 6 rings (SSSR count). The highest BCUT2D eigenvalue weighted by Crippen LogP contribution is 2.43. The van der Waals surface area contributed by atoms with E-state index in [2.05, 4.69) is 34.6 Å². The van der Waals surface area contributed by atoms with Gasteiger partial charge in [0.1, 0.15) is 6.04 Å². The van der Waals surface area contributed by atoms with Gasteiger partial charge >= 0.3 is 12.0 Å². The van der Waals surface area contributed by atoms with Crippen molar-refractivity contribution in [3.63, 3.8) is 0 Å². The Hall–Kier alpha value is -4.58. The van der Waals surface area contributed by atoms with Gasteiger partial charge in [-0.15, -0.1) is 0 Å². The van der Waals surface area contributed by atoms with Crippen molar-refractivity contribution in [2.75, 3.05) is 33.9 Å². The van der Waals surface area contributed by atoms with Crippen LogP contribution in [0.3, 0.4) is 0 Å². The van der Waals surface area contributed by atoms with Crippen molar-refractivity contribution in [2.45, 2.75) is 69.9 Å². The van der Waals surface area contributed by atoms with Crippen LogP contribution < -0.4 is 10.6 Å². The number of urea groups is 1. The smallest absolute Gasteiger partial charge is 0.328 e. The zero-order chi connectivity index (χ0) is 37.2. The summed E-state index contributed by atoms with van der Waals surface area (Å²) in [4.78, 5) is 27.8. The highest BCUT2D eigenvalue weighted by molar-refractivity contribution is 5.83. The molecule has 0 spiro atoms. The molecule has 0 aliphatic carbocycles. The first-order valence-electron chi connectivity index (χ1n) is 18.4. The zero-order valence-corrected chi connectivity index (χ0v) is 30.8. The number of ether oxygens (including phenoxy) is 4. The van der Waals surface area contributed by atoms with Crippen molar-refractivity contribution in [1.29, 1.82) is 0 Å². The molecule has 10 nitrogen and oxygen atoms in total. The standard InChI is InChI=1S/C43H51N3O7/c1-29-39(26-46-21-9-16-37(46)28-50-2)52-42(53-40(29)33-19-17-31(27-47)18-20-33)36-15-8-14-35(24-36)34-13-7-12-32(22-34)25-44-43(49)45-38(41(48)51-3)23-30-10-5-4-6-11-30/h4-8,10-15,17-20,22,24,29,37-40,42,47H,9,16,21,23,25-28H2,1-3H3,(H2,44,45,49)/t29-,37+,38+,39+,40+,42+/m1/s1. The normalized spacial score (nSPS) is 22.2. The average Bonchev–Trinajstić information content (AvgIpc) is 3.64. The molecule has 0 unspecified atom stereocenters. The van der Waals surface area contributed by atoms with E-state index < -0.39 is 24.3 Å². The minimum Gasteiger partial charge on any atom is -0.467 e. The van der Waals surface area contributed by atoms with E-state index in [1.54, 1.807) is 7.11 Å². The van der Waals surface area contributed by atoms with Crippen LogP contribution in [-0.2, 0) is 43.3 Å². The Morgan fingerprint density at radius 2 is 1.60 bits per heavy atom. The van der Waals surface area contributed by atoms with Crippen molar-refractivity contribution in [3.8, 4) is 11.1 Å². The largest absolute Gasteiger partial charge is 0.467 e. The number of methoxy groups -OCH3 is 2. The number of carbonyl (C=O) groups excluding carboxylic acids is 2. The molecule has 4 aromatic carbocycles. The molecular weight excluding hydrogens is 670 g/mol. The Kier molecular flexibility index (Phi) is 13.3. The number of hydrogen-bond acceptors (Lipinski definition) is 8. The maximum Gasteiger partial charge on any atom is 0.328 e. The number of nitrogens with zero attached hydrogens (tertiary/aromatic N) is 1. The lowest BCUT2D eigenvalue weighted by Gasteiger charge is -2.43. The molecule has 10 heteroatoms. The molecule has 2 aliphatic rings. The molecule has 2 heterocycles. The lowest BCUT2D eigenvalue weighted by atomic mass is 9.89. The second-order valence-corrected chi connectivity index (χ2v) is 14.0. The third kappa shape index (κ3) is 9.90. The number of likely N-dealkylation sites (tertiary alicyclic amines) is 1. The van der Waals surface area contributed by atoms with Gasteiger partial charge in [0.05, 0.1) is 32.5 Å². The van der Waals surface area contributed by atoms with E-state index in [1.165, 1.54) is 7.11 Å². The second kappa shape index (κ2) is 18.4. The zero-order valence-electron chi connectivity index (χ0n) is 30.8. The highest BCUT2D eigenvalue weighted by Gasteiger charge is 2.40. The molecule has 0 bridgehead atoms. The Labute approximate surface area is 312 Å². The Balaban J connectivity index is 1.16. The quantitative estimate of drug-likeness (QED) is 0.129. The van der Waals surface area contributed by atoms with Gasteiger partial charge in [-0.05, 0) is 64.9 Å². The van der Waals surface area contributed by atoms with Gasteiger partial charge in [0.25, 0.3) is 0 Å². The summed E-state index contributed by atoms with van der Waals surface area (Å²) in [7, 11) is 3.08. The summed E-state index contributed by atoms with van der Waals surface area (Å²) in [6, 6.07) is 32.8. The summed E-state index contributed by atoms with van der Waals surface area (Å²) < 4.78 is 24.1. The van der Waals surface area contributed by atoms with E-state index in [1.807, 2.05) is 91.0 Å². The molecular formula is C43H51N3O7. The summed E-state index contributed by atoms with van der Waals surface area (Å²) in [5, 5.41) is 15.3. The Morgan fingerprint density at radius 3 is 2.34 bits per heavy atom. The van der Waals surface area contributed by atoms with Gasteiger partial charge in [-0.1, -0.05) is 97.9 Å². The fraction of sp³-hybridized carbons (Fsp3) is 0.395. The van der Waals surface area contributed by atoms with Crippen molar-refractivity contribution < 1.29 is 33.6 Å². The van der Waals surface area contributed by atoms with Crippen LogP contribution in [0, 0.1) is 5.92 Å². The van der Waals surface area contributed by atoms with Gasteiger partial charge in [0.2, 0.25) is 0 Å². The monoisotopic (exact) mass is 721 g/mol. The van der Waals surface area contributed by atoms with Crippen LogP contribution in [-0.4, -0.2) is 74.1 Å². The molecule has 2 aliphatic heterocycles. The van der Waals surface area contributed by atoms with Crippen LogP contribution in [0.15, 0.2) is 103 Å². The summed E-state index contributed by atoms with van der Waals surface area (Å²) in [5.41, 5.74) is 6.64. The number of hydrogen-bond donors (Lipinski definition) is 3. The molecule has 3 N–H and O–H groups in total. The summed E-state index contributed by atoms with van der Waals surface area (Å²) in [6.07, 6.45) is 1.71. The van der Waals surface area contributed by atoms with Crippen molar-refractivity contribution >= 4 is 12.0 Å². The van der Waals surface area contributed by atoms with E-state index in [0.29, 0.717) is 19.1 Å². The molecule has 0 saturated carbocycles. The van der Waals surface area contributed by atoms with Crippen molar-refractivity contribution in [3.05, 3.63) is 131 Å². The lowest BCUT2D eigenvalue weighted by Crippen LogP contribution is -2.47. The minimum atomic E-state index is -0.815. The maximum atomic E-state index is 12.9. The molecule has 53 heavy (non-hydrogen) atoms. The fourth-order valence-corrected chi connectivity index (χ4v) is 7.38. The van der Waals surface area contributed by atoms with Gasteiger partial charge in [-0.2, -0.15) is 0 Å². The predicted octanol–water partition coefficient (Wildman–Crippen LogP) is 6.33. The van der Waals surface area contributed by atoms with Crippen LogP contribution in [0.4, 0.5) is 4.79 Å². The molecule has 2 fully saturated rings. The van der Waals surface area contributed by atoms with Gasteiger partial charge in [-0.25, -0.2) is 9.59 Å². The Bertz CT molecular complexity index is 1790. The first-order chi connectivity index (χ1) is 25.8. The molecule has 2 amide bonds. The van der Waals surface area contributed by atoms with Crippen molar-refractivity contribution in [1.82, 2.24) is 15.5 Å². The number of benzene rings is 4. The third-order valence-electron chi connectivity index (χ3n) is 10.3. The van der Waals surface area contributed by atoms with Crippen LogP contribution in [0.2, 0.25) is 0 Å². The van der Waals surface area contributed by atoms with Gasteiger partial charge in [0.15, 0.2) is 6.29 Å². The van der Waals surface area contributed by atoms with E-state index in [9.17, 15) is 14.7 Å². The fourth-order valence-electron chi connectivity index (χ4n) is 7.38. The van der Waals surface area contributed by atoms with E-state index in [-0.39, 0.29) is 31.3 Å². The minimum absolute atomic E-state index is 0.00651. The molecule has 4 aromatic rings. The highest BCUT2D eigenvalue weighted by atomic mass is 16.7. The Morgan fingerprint density at radius 1 is 0.868 bits per heavy atom. The van der Waals surface area contributed by atoms with E-state index in [0.717, 1.165) is 64.9 Å². The SMILES string of the molecule is COC[C@@H]1CCCN1C[C@@H]1O[C@H](c2cccc(-c3cccc(CNC(=O)N[C@@H](Cc4ccccc4)C(=O)OC)c3)c2)O[C@H](c2ccc(CO)cc2)[C@@H]1C. The summed E-state index contributed by atoms with van der Waals surface area (Å²) >= 11 is 0. The third-order valence-corrected chi connectivity index (χ3v) is 10.3. The topological polar surface area (TPSA) is 119 Å². The summed E-state index contributed by atoms with van der Waals surface area (Å²) in [6.45, 7) is 4.97. The van der Waals surface area contributed by atoms with Crippen LogP contribution in [0.5, 0.6) is 0 Å². The molecule has 0 aromatic heterocycles. The second-order valence-electron chi connectivity index (χ2n) is 14.0. The summed E-state index contributed by atoms with van der Waals surface area (Å²) in [5.74, 6) is -0.421. The van der Waals surface area contributed by atoms with Crippen LogP contribution >= 0.6 is 0 Å². The van der Waals surface area contributed by atoms with Gasteiger partial charge < -0.3 is 34.7 Å². The number of esters is 1. The number of carbonyl (C=O) groups is 2. The van der Waals surface area contributed by atoms with Gasteiger partial charge in [-0.3, -0.25) is 4.90 Å². The number of aliphatic hydroxyl groups excluding tert-OH is 1. The first-order valence-corrected chi connectivity index (χ1v) is 18.4. The first kappa shape index (κ1) is 38.2. The molecule has 6 atom stereocenters. The molecule has 2 saturated heterocycles. The lowest BCUT2D eigenvalue weighted by molar-refractivity contribution is -0.276. The van der Waals surface area contributed by atoms with Crippen LogP contribution in [0.25, 0.3) is 11.1 Å². The average molecular weight is 722 g/mol. The van der Waals surface area contributed by atoms with Crippen LogP contribution in [0.1, 0.15) is 60.0 Å². The predicted molar refractivity (Wildman–Crippen MR) is 203 cm³/mol. The molecule has 280 valence electrons. The maximum absolute atomic E-state index is 12.9.